The van der Waals surface area contributed by atoms with Gasteiger partial charge in [0.15, 0.2) is 25.2 Å². The van der Waals surface area contributed by atoms with Gasteiger partial charge in [0.2, 0.25) is 0 Å². The Kier molecular flexibility index (Phi) is 15.6. The zero-order valence-electron chi connectivity index (χ0n) is 29.8. The summed E-state index contributed by atoms with van der Waals surface area (Å²) in [6, 6.07) is 0. The largest absolute Gasteiger partial charge is 0.376 e. The third-order valence-electron chi connectivity index (χ3n) is 9.62. The smallest absolute Gasteiger partial charge is 0.187 e. The van der Waals surface area contributed by atoms with Gasteiger partial charge in [0.25, 0.3) is 0 Å². The number of hydrogen-bond acceptors (Lipinski definition) is 17. The third-order valence-corrected chi connectivity index (χ3v) is 9.62. The molecule has 4 aliphatic rings. The van der Waals surface area contributed by atoms with Crippen molar-refractivity contribution < 1.29 is 80.9 Å². The summed E-state index contributed by atoms with van der Waals surface area (Å²) >= 11 is 0. The molecule has 0 aromatic heterocycles. The van der Waals surface area contributed by atoms with Crippen LogP contribution < -0.4 is 0 Å². The summed E-state index contributed by atoms with van der Waals surface area (Å²) < 4.78 is 95.2. The highest BCUT2D eigenvalue weighted by atomic mass is 16.8. The molecule has 18 atom stereocenters. The fraction of sp³-hybridized carbons (Fsp3) is 1.00. The lowest BCUT2D eigenvalue weighted by Gasteiger charge is -2.50. The van der Waals surface area contributed by atoms with Gasteiger partial charge in [0.05, 0.1) is 25.4 Å². The molecule has 0 bridgehead atoms. The van der Waals surface area contributed by atoms with Gasteiger partial charge >= 0.3 is 0 Å². The van der Waals surface area contributed by atoms with Crippen LogP contribution in [-0.2, 0) is 75.8 Å². The van der Waals surface area contributed by atoms with E-state index in [0.29, 0.717) is 0 Å². The standard InChI is InChI=1S/C31H56O17/c1-14-18(35-5)22(37-7)26(40-10)30(44-14)47-21-17(34-4)12-42-28(32)24(21)48-31-27(41-11)23(38-8)19(15(2)45-31)46-29-25(39-9)20(36-6)16(33-3)13-43-29/h14-32H,12-13H2,1-11H3/t14-,15-,16+,17+,18-,19-,20-,21-,22+,23+,24+,25+,26+,27+,28-,29-,30-,31-/m0/s1. The van der Waals surface area contributed by atoms with Crippen LogP contribution in [0.1, 0.15) is 13.8 Å². The van der Waals surface area contributed by atoms with Crippen molar-refractivity contribution in [2.24, 2.45) is 0 Å². The van der Waals surface area contributed by atoms with Crippen molar-refractivity contribution in [1.82, 2.24) is 0 Å². The molecule has 0 unspecified atom stereocenters. The van der Waals surface area contributed by atoms with Gasteiger partial charge in [-0.2, -0.15) is 0 Å². The zero-order valence-corrected chi connectivity index (χ0v) is 29.8. The van der Waals surface area contributed by atoms with Crippen LogP contribution in [0, 0.1) is 0 Å². The van der Waals surface area contributed by atoms with Crippen molar-refractivity contribution >= 4 is 0 Å². The summed E-state index contributed by atoms with van der Waals surface area (Å²) in [6.07, 6.45) is -13.2. The number of ether oxygens (including phenoxy) is 16. The first-order valence-corrected chi connectivity index (χ1v) is 16.1. The maximum Gasteiger partial charge on any atom is 0.187 e. The van der Waals surface area contributed by atoms with Gasteiger partial charge in [-0.1, -0.05) is 0 Å². The highest BCUT2D eigenvalue weighted by Gasteiger charge is 2.54. The first-order valence-electron chi connectivity index (χ1n) is 16.1. The number of aliphatic hydroxyl groups excluding tert-OH is 1. The molecule has 17 heteroatoms. The zero-order chi connectivity index (χ0) is 35.1. The fourth-order valence-electron chi connectivity index (χ4n) is 7.04. The minimum absolute atomic E-state index is 0.0250. The molecule has 4 fully saturated rings. The molecular weight excluding hydrogens is 644 g/mol. The molecule has 282 valence electrons. The average molecular weight is 701 g/mol. The Labute approximate surface area is 282 Å². The van der Waals surface area contributed by atoms with Crippen molar-refractivity contribution in [2.75, 3.05) is 77.2 Å². The van der Waals surface area contributed by atoms with Crippen LogP contribution in [0.3, 0.4) is 0 Å². The lowest BCUT2D eigenvalue weighted by atomic mass is 9.97. The van der Waals surface area contributed by atoms with E-state index in [9.17, 15) is 5.11 Å². The summed E-state index contributed by atoms with van der Waals surface area (Å²) in [4.78, 5) is 0. The molecule has 1 N–H and O–H groups in total. The molecule has 4 saturated heterocycles. The molecule has 0 spiro atoms. The predicted molar refractivity (Wildman–Crippen MR) is 162 cm³/mol. The normalized spacial score (nSPS) is 47.2. The van der Waals surface area contributed by atoms with Crippen LogP contribution in [0.4, 0.5) is 0 Å². The van der Waals surface area contributed by atoms with Crippen molar-refractivity contribution in [3.8, 4) is 0 Å². The molecule has 48 heavy (non-hydrogen) atoms. The minimum Gasteiger partial charge on any atom is -0.376 e. The highest BCUT2D eigenvalue weighted by Crippen LogP contribution is 2.36. The van der Waals surface area contributed by atoms with E-state index in [4.69, 9.17) is 75.8 Å². The molecule has 0 aromatic carbocycles. The number of hydrogen-bond donors (Lipinski definition) is 1. The van der Waals surface area contributed by atoms with Crippen molar-refractivity contribution in [2.45, 2.75) is 124 Å². The molecule has 4 aliphatic heterocycles. The number of methoxy groups -OCH3 is 9. The SMILES string of the molecule is CO[C@@H]1[C@@H](OC)[C@H](C)O[C@@H](O[C@@H]2[C@@H](O[C@@H]3O[C@@H](C)[C@H](O[C@@H]4OC[C@@H](OC)[C@H](OC)[C@H]4OC)[C@@H](OC)[C@H]3OC)[C@@H](O)OC[C@H]2OC)[C@@H]1OC. The molecule has 0 saturated carbocycles. The Morgan fingerprint density at radius 1 is 0.396 bits per heavy atom. The van der Waals surface area contributed by atoms with Crippen LogP contribution >= 0.6 is 0 Å². The van der Waals surface area contributed by atoms with Gasteiger partial charge < -0.3 is 80.9 Å². The van der Waals surface area contributed by atoms with Gasteiger partial charge in [-0.15, -0.1) is 0 Å². The Bertz CT molecular complexity index is 933. The lowest BCUT2D eigenvalue weighted by Crippen LogP contribution is -2.66. The second-order valence-electron chi connectivity index (χ2n) is 12.1. The molecule has 0 radical (unpaired) electrons. The maximum atomic E-state index is 11.1. The van der Waals surface area contributed by atoms with E-state index in [1.807, 2.05) is 13.8 Å². The van der Waals surface area contributed by atoms with E-state index in [0.717, 1.165) is 0 Å². The van der Waals surface area contributed by atoms with Crippen LogP contribution in [0.25, 0.3) is 0 Å². The first-order chi connectivity index (χ1) is 23.2. The minimum atomic E-state index is -1.42. The van der Waals surface area contributed by atoms with Crippen LogP contribution in [0.2, 0.25) is 0 Å². The van der Waals surface area contributed by atoms with Gasteiger partial charge in [0, 0.05) is 64.0 Å². The fourth-order valence-corrected chi connectivity index (χ4v) is 7.04. The molecule has 4 heterocycles. The Hall–Kier alpha value is -0.680. The Morgan fingerprint density at radius 3 is 1.29 bits per heavy atom. The maximum absolute atomic E-state index is 11.1. The van der Waals surface area contributed by atoms with Crippen molar-refractivity contribution in [1.29, 1.82) is 0 Å². The summed E-state index contributed by atoms with van der Waals surface area (Å²) in [6.45, 7) is 3.92. The van der Waals surface area contributed by atoms with Crippen LogP contribution in [0.5, 0.6) is 0 Å². The van der Waals surface area contributed by atoms with Crippen molar-refractivity contribution in [3.05, 3.63) is 0 Å². The summed E-state index contributed by atoms with van der Waals surface area (Å²) in [5.41, 5.74) is 0. The van der Waals surface area contributed by atoms with Crippen molar-refractivity contribution in [3.63, 3.8) is 0 Å². The van der Waals surface area contributed by atoms with Gasteiger partial charge in [0.1, 0.15) is 73.2 Å². The highest BCUT2D eigenvalue weighted by molar-refractivity contribution is 4.97. The number of rotatable bonds is 15. The molecule has 4 rings (SSSR count). The molecule has 0 aromatic rings. The van der Waals surface area contributed by atoms with Crippen LogP contribution in [0.15, 0.2) is 0 Å². The van der Waals surface area contributed by atoms with E-state index in [1.54, 1.807) is 35.5 Å². The second-order valence-corrected chi connectivity index (χ2v) is 12.1. The summed E-state index contributed by atoms with van der Waals surface area (Å²) in [5.74, 6) is 0. The summed E-state index contributed by atoms with van der Waals surface area (Å²) in [7, 11) is 13.9. The van der Waals surface area contributed by atoms with Gasteiger partial charge in [-0.3, -0.25) is 0 Å². The lowest BCUT2D eigenvalue weighted by molar-refractivity contribution is -0.388. The van der Waals surface area contributed by atoms with E-state index < -0.39 is 105 Å². The van der Waals surface area contributed by atoms with E-state index >= 15 is 0 Å². The third kappa shape index (κ3) is 8.34. The Balaban J connectivity index is 1.54. The van der Waals surface area contributed by atoms with E-state index in [1.165, 1.54) is 28.4 Å². The predicted octanol–water partition coefficient (Wildman–Crippen LogP) is -0.528. The molecule has 0 aliphatic carbocycles. The molecular formula is C31H56O17. The number of aliphatic hydroxyl groups is 1. The average Bonchev–Trinajstić information content (AvgIpc) is 3.09. The van der Waals surface area contributed by atoms with E-state index in [-0.39, 0.29) is 19.3 Å². The van der Waals surface area contributed by atoms with Gasteiger partial charge in [-0.25, -0.2) is 0 Å². The molecule has 17 nitrogen and oxygen atoms in total. The topological polar surface area (TPSA) is 168 Å². The second kappa shape index (κ2) is 18.7. The summed E-state index contributed by atoms with van der Waals surface area (Å²) in [5, 5.41) is 11.1. The monoisotopic (exact) mass is 700 g/mol. The van der Waals surface area contributed by atoms with Gasteiger partial charge in [-0.05, 0) is 13.8 Å². The van der Waals surface area contributed by atoms with Crippen LogP contribution in [-0.4, -0.2) is 193 Å². The molecule has 0 amide bonds. The van der Waals surface area contributed by atoms with E-state index in [2.05, 4.69) is 0 Å². The Morgan fingerprint density at radius 2 is 0.792 bits per heavy atom. The first kappa shape index (κ1) is 40.1. The quantitative estimate of drug-likeness (QED) is 0.231.